The van der Waals surface area contributed by atoms with Crippen LogP contribution in [0.2, 0.25) is 0 Å². The van der Waals surface area contributed by atoms with Crippen molar-refractivity contribution in [1.82, 2.24) is 0 Å². The molecule has 0 aromatic heterocycles. The summed E-state index contributed by atoms with van der Waals surface area (Å²) in [6.07, 6.45) is 0.0934. The Morgan fingerprint density at radius 3 is 2.40 bits per heavy atom. The summed E-state index contributed by atoms with van der Waals surface area (Å²) >= 11 is 0. The number of hydrogen-bond donors (Lipinski definition) is 0. The van der Waals surface area contributed by atoms with E-state index in [9.17, 15) is 8.42 Å². The van der Waals surface area contributed by atoms with Gasteiger partial charge in [0.2, 0.25) is 0 Å². The largest absolute Gasteiger partial charge is 0.229 e. The van der Waals surface area contributed by atoms with Gasteiger partial charge < -0.3 is 0 Å². The third-order valence-electron chi connectivity index (χ3n) is 1.39. The first kappa shape index (κ1) is 9.44. The van der Waals surface area contributed by atoms with Crippen molar-refractivity contribution in [3.8, 4) is 6.07 Å². The Morgan fingerprint density at radius 1 is 1.60 bits per heavy atom. The maximum Gasteiger partial charge on any atom is 0.153 e. The smallest absolute Gasteiger partial charge is 0.153 e. The molecule has 0 aromatic rings. The molecular formula is C6H11NO2S. The van der Waals surface area contributed by atoms with E-state index in [2.05, 4.69) is 0 Å². The molecule has 0 fully saturated rings. The molecule has 0 spiro atoms. The van der Waals surface area contributed by atoms with Gasteiger partial charge in [0.05, 0.1) is 17.7 Å². The van der Waals surface area contributed by atoms with Gasteiger partial charge in [-0.1, -0.05) is 6.92 Å². The average Bonchev–Trinajstić information content (AvgIpc) is 1.89. The maximum atomic E-state index is 10.9. The molecule has 0 aromatic carbocycles. The van der Waals surface area contributed by atoms with Gasteiger partial charge in [-0.2, -0.15) is 5.26 Å². The lowest BCUT2D eigenvalue weighted by Crippen LogP contribution is -2.18. The zero-order valence-electron chi connectivity index (χ0n) is 6.16. The molecule has 0 amide bonds. The molecule has 58 valence electrons. The van der Waals surface area contributed by atoms with Crippen LogP contribution in [-0.4, -0.2) is 19.4 Å². The van der Waals surface area contributed by atoms with E-state index in [-0.39, 0.29) is 12.2 Å². The van der Waals surface area contributed by atoms with Gasteiger partial charge >= 0.3 is 0 Å². The van der Waals surface area contributed by atoms with Crippen LogP contribution < -0.4 is 0 Å². The Morgan fingerprint density at radius 2 is 2.10 bits per heavy atom. The van der Waals surface area contributed by atoms with Crippen LogP contribution in [0, 0.1) is 11.3 Å². The highest BCUT2D eigenvalue weighted by Gasteiger charge is 2.17. The fraction of sp³-hybridized carbons (Fsp3) is 0.833. The lowest BCUT2D eigenvalue weighted by molar-refractivity contribution is 0.585. The number of rotatable bonds is 3. The van der Waals surface area contributed by atoms with Gasteiger partial charge in [0.1, 0.15) is 0 Å². The van der Waals surface area contributed by atoms with Crippen LogP contribution in [0.1, 0.15) is 20.3 Å². The van der Waals surface area contributed by atoms with Gasteiger partial charge in [0, 0.05) is 5.75 Å². The molecule has 3 nitrogen and oxygen atoms in total. The quantitative estimate of drug-likeness (QED) is 0.613. The Hall–Kier alpha value is -0.560. The minimum Gasteiger partial charge on any atom is -0.229 e. The van der Waals surface area contributed by atoms with Crippen molar-refractivity contribution < 1.29 is 8.42 Å². The molecule has 1 unspecified atom stereocenters. The summed E-state index contributed by atoms with van der Waals surface area (Å²) in [5, 5.41) is 7.67. The number of nitrogens with zero attached hydrogens (tertiary/aromatic N) is 1. The molecule has 0 saturated carbocycles. The third kappa shape index (κ3) is 2.36. The maximum absolute atomic E-state index is 10.9. The van der Waals surface area contributed by atoms with Crippen LogP contribution in [0.25, 0.3) is 0 Å². The van der Waals surface area contributed by atoms with Gasteiger partial charge in [-0.05, 0) is 6.92 Å². The van der Waals surface area contributed by atoms with Gasteiger partial charge in [-0.25, -0.2) is 8.42 Å². The number of nitriles is 1. The number of sulfone groups is 1. The van der Waals surface area contributed by atoms with E-state index in [0.29, 0.717) is 0 Å². The predicted molar refractivity (Wildman–Crippen MR) is 39.2 cm³/mol. The van der Waals surface area contributed by atoms with Gasteiger partial charge in [-0.15, -0.1) is 0 Å². The minimum atomic E-state index is -2.98. The number of hydrogen-bond acceptors (Lipinski definition) is 3. The fourth-order valence-electron chi connectivity index (χ4n) is 0.540. The Bertz CT molecular complexity index is 225. The first-order valence-corrected chi connectivity index (χ1v) is 4.84. The van der Waals surface area contributed by atoms with Crippen molar-refractivity contribution in [3.05, 3.63) is 0 Å². The zero-order chi connectivity index (χ0) is 8.20. The first-order chi connectivity index (χ1) is 4.54. The summed E-state index contributed by atoms with van der Waals surface area (Å²) in [6.45, 7) is 3.14. The summed E-state index contributed by atoms with van der Waals surface area (Å²) in [7, 11) is -2.98. The molecule has 10 heavy (non-hydrogen) atoms. The van der Waals surface area contributed by atoms with Crippen molar-refractivity contribution in [2.24, 2.45) is 0 Å². The lowest BCUT2D eigenvalue weighted by atomic mass is 10.4. The molecule has 0 aliphatic heterocycles. The van der Waals surface area contributed by atoms with Crippen LogP contribution in [0.15, 0.2) is 0 Å². The van der Waals surface area contributed by atoms with E-state index in [1.807, 2.05) is 6.07 Å². The van der Waals surface area contributed by atoms with Crippen molar-refractivity contribution in [2.45, 2.75) is 25.5 Å². The van der Waals surface area contributed by atoms with E-state index in [0.717, 1.165) is 0 Å². The molecule has 1 atom stereocenters. The second kappa shape index (κ2) is 3.57. The second-order valence-electron chi connectivity index (χ2n) is 2.12. The van der Waals surface area contributed by atoms with Crippen molar-refractivity contribution in [2.75, 3.05) is 5.75 Å². The second-order valence-corrected chi connectivity index (χ2v) is 4.83. The first-order valence-electron chi connectivity index (χ1n) is 3.13. The van der Waals surface area contributed by atoms with Crippen LogP contribution in [0.5, 0.6) is 0 Å². The summed E-state index contributed by atoms with van der Waals surface area (Å²) in [5.74, 6) is 0.121. The Balaban J connectivity index is 4.23. The summed E-state index contributed by atoms with van der Waals surface area (Å²) in [4.78, 5) is 0. The zero-order valence-corrected chi connectivity index (χ0v) is 6.98. The molecular weight excluding hydrogens is 150 g/mol. The van der Waals surface area contributed by atoms with E-state index in [4.69, 9.17) is 5.26 Å². The van der Waals surface area contributed by atoms with Crippen LogP contribution in [0.4, 0.5) is 0 Å². The standard InChI is InChI=1S/C6H11NO2S/c1-3-10(8,9)6(2)4-5-7/h6H,3-4H2,1-2H3. The van der Waals surface area contributed by atoms with E-state index < -0.39 is 15.1 Å². The molecule has 0 aliphatic rings. The molecule has 0 rings (SSSR count). The third-order valence-corrected chi connectivity index (χ3v) is 3.59. The Labute approximate surface area is 61.6 Å². The van der Waals surface area contributed by atoms with E-state index in [1.54, 1.807) is 13.8 Å². The molecule has 4 heteroatoms. The van der Waals surface area contributed by atoms with Crippen molar-refractivity contribution >= 4 is 9.84 Å². The van der Waals surface area contributed by atoms with E-state index in [1.165, 1.54) is 0 Å². The molecule has 0 bridgehead atoms. The molecule has 0 radical (unpaired) electrons. The van der Waals surface area contributed by atoms with Gasteiger partial charge in [-0.3, -0.25) is 0 Å². The molecule has 0 aliphatic carbocycles. The molecule has 0 N–H and O–H groups in total. The summed E-state index contributed by atoms with van der Waals surface area (Å²) < 4.78 is 21.9. The van der Waals surface area contributed by atoms with Gasteiger partial charge in [0.15, 0.2) is 9.84 Å². The van der Waals surface area contributed by atoms with Crippen LogP contribution in [0.3, 0.4) is 0 Å². The minimum absolute atomic E-state index is 0.0934. The topological polar surface area (TPSA) is 57.9 Å². The predicted octanol–water partition coefficient (Wildman–Crippen LogP) is 0.723. The Kier molecular flexibility index (Phi) is 3.37. The monoisotopic (exact) mass is 161 g/mol. The van der Waals surface area contributed by atoms with E-state index >= 15 is 0 Å². The SMILES string of the molecule is CCS(=O)(=O)C(C)CC#N. The highest BCUT2D eigenvalue weighted by Crippen LogP contribution is 2.04. The summed E-state index contributed by atoms with van der Waals surface area (Å²) in [5.41, 5.74) is 0. The highest BCUT2D eigenvalue weighted by atomic mass is 32.2. The van der Waals surface area contributed by atoms with Crippen molar-refractivity contribution in [3.63, 3.8) is 0 Å². The van der Waals surface area contributed by atoms with Crippen LogP contribution in [-0.2, 0) is 9.84 Å². The van der Waals surface area contributed by atoms with Crippen molar-refractivity contribution in [1.29, 1.82) is 5.26 Å². The highest BCUT2D eigenvalue weighted by molar-refractivity contribution is 7.91. The summed E-state index contributed by atoms with van der Waals surface area (Å²) in [6, 6.07) is 1.83. The normalized spacial score (nSPS) is 14.1. The molecule has 0 heterocycles. The van der Waals surface area contributed by atoms with Gasteiger partial charge in [0.25, 0.3) is 0 Å². The molecule has 0 saturated heterocycles. The fourth-order valence-corrected chi connectivity index (χ4v) is 1.44. The lowest BCUT2D eigenvalue weighted by Gasteiger charge is -2.04. The average molecular weight is 161 g/mol. The van der Waals surface area contributed by atoms with Crippen LogP contribution >= 0.6 is 0 Å².